The maximum absolute atomic E-state index is 11.7. The lowest BCUT2D eigenvalue weighted by atomic mass is 10.1. The van der Waals surface area contributed by atoms with Crippen LogP contribution in [0.3, 0.4) is 0 Å². The molecular weight excluding hydrogens is 244 g/mol. The highest BCUT2D eigenvalue weighted by atomic mass is 16.4. The Bertz CT molecular complexity index is 647. The Balaban J connectivity index is 2.34. The van der Waals surface area contributed by atoms with Crippen molar-refractivity contribution in [1.29, 1.82) is 0 Å². The van der Waals surface area contributed by atoms with Gasteiger partial charge in [-0.2, -0.15) is 0 Å². The van der Waals surface area contributed by atoms with Gasteiger partial charge in [0.2, 0.25) is 0 Å². The standard InChI is InChI=1S/C14H14N2O3/c15-13-10(8-12(17)18)7-11(16-14(13)19)6-9-4-2-1-3-5-9/h1-5,7H,6,8,15H2,(H,16,19)(H,17,18). The summed E-state index contributed by atoms with van der Waals surface area (Å²) in [7, 11) is 0. The van der Waals surface area contributed by atoms with Crippen molar-refractivity contribution < 1.29 is 9.90 Å². The van der Waals surface area contributed by atoms with Gasteiger partial charge in [-0.3, -0.25) is 9.59 Å². The van der Waals surface area contributed by atoms with E-state index in [1.54, 1.807) is 6.07 Å². The third kappa shape index (κ3) is 3.22. The molecule has 0 saturated carbocycles. The quantitative estimate of drug-likeness (QED) is 0.767. The Morgan fingerprint density at radius 3 is 2.58 bits per heavy atom. The lowest BCUT2D eigenvalue weighted by molar-refractivity contribution is -0.136. The van der Waals surface area contributed by atoms with Crippen LogP contribution in [0.2, 0.25) is 0 Å². The van der Waals surface area contributed by atoms with Crippen molar-refractivity contribution in [2.24, 2.45) is 0 Å². The molecule has 19 heavy (non-hydrogen) atoms. The summed E-state index contributed by atoms with van der Waals surface area (Å²) in [6.45, 7) is 0. The number of carboxylic acid groups (broad SMARTS) is 1. The maximum atomic E-state index is 11.7. The third-order valence-electron chi connectivity index (χ3n) is 2.79. The molecule has 0 unspecified atom stereocenters. The zero-order valence-electron chi connectivity index (χ0n) is 10.2. The lowest BCUT2D eigenvalue weighted by Crippen LogP contribution is -2.18. The van der Waals surface area contributed by atoms with E-state index in [1.807, 2.05) is 30.3 Å². The van der Waals surface area contributed by atoms with Crippen LogP contribution in [0.15, 0.2) is 41.2 Å². The lowest BCUT2D eigenvalue weighted by Gasteiger charge is -2.07. The molecule has 0 amide bonds. The zero-order valence-corrected chi connectivity index (χ0v) is 10.2. The minimum absolute atomic E-state index is 0.0285. The van der Waals surface area contributed by atoms with Crippen molar-refractivity contribution >= 4 is 11.7 Å². The monoisotopic (exact) mass is 258 g/mol. The summed E-state index contributed by atoms with van der Waals surface area (Å²) in [6.07, 6.45) is 0.278. The Morgan fingerprint density at radius 1 is 1.26 bits per heavy atom. The van der Waals surface area contributed by atoms with Crippen LogP contribution in [0.5, 0.6) is 0 Å². The summed E-state index contributed by atoms with van der Waals surface area (Å²) in [5.74, 6) is -1.01. The number of nitrogen functional groups attached to an aromatic ring is 1. The normalized spacial score (nSPS) is 10.3. The highest BCUT2D eigenvalue weighted by Crippen LogP contribution is 2.12. The van der Waals surface area contributed by atoms with Crippen LogP contribution in [0.4, 0.5) is 5.69 Å². The Kier molecular flexibility index (Phi) is 3.66. The van der Waals surface area contributed by atoms with Gasteiger partial charge in [0.1, 0.15) is 5.69 Å². The largest absolute Gasteiger partial charge is 0.481 e. The van der Waals surface area contributed by atoms with E-state index in [2.05, 4.69) is 4.98 Å². The SMILES string of the molecule is Nc1c(CC(=O)O)cc(Cc2ccccc2)[nH]c1=O. The first-order valence-electron chi connectivity index (χ1n) is 5.82. The molecular formula is C14H14N2O3. The fraction of sp³-hybridized carbons (Fsp3) is 0.143. The van der Waals surface area contributed by atoms with E-state index in [0.29, 0.717) is 17.7 Å². The van der Waals surface area contributed by atoms with Crippen LogP contribution in [0, 0.1) is 0 Å². The molecule has 2 rings (SSSR count). The number of hydrogen-bond acceptors (Lipinski definition) is 3. The van der Waals surface area contributed by atoms with E-state index in [-0.39, 0.29) is 12.1 Å². The molecule has 0 bridgehead atoms. The number of aromatic nitrogens is 1. The Labute approximate surface area is 109 Å². The first-order chi connectivity index (χ1) is 9.06. The summed E-state index contributed by atoms with van der Waals surface area (Å²) in [4.78, 5) is 25.1. The van der Waals surface area contributed by atoms with Gasteiger partial charge in [-0.25, -0.2) is 0 Å². The first-order valence-corrected chi connectivity index (χ1v) is 5.82. The number of rotatable bonds is 4. The van der Waals surface area contributed by atoms with Crippen LogP contribution in [0.25, 0.3) is 0 Å². The van der Waals surface area contributed by atoms with E-state index in [4.69, 9.17) is 10.8 Å². The average molecular weight is 258 g/mol. The average Bonchev–Trinajstić information content (AvgIpc) is 2.36. The summed E-state index contributed by atoms with van der Waals surface area (Å²) < 4.78 is 0. The topological polar surface area (TPSA) is 96.2 Å². The van der Waals surface area contributed by atoms with Gasteiger partial charge in [-0.15, -0.1) is 0 Å². The highest BCUT2D eigenvalue weighted by molar-refractivity contribution is 5.72. The minimum atomic E-state index is -1.01. The van der Waals surface area contributed by atoms with Crippen LogP contribution in [-0.4, -0.2) is 16.1 Å². The molecule has 0 atom stereocenters. The van der Waals surface area contributed by atoms with Gasteiger partial charge >= 0.3 is 5.97 Å². The molecule has 0 aliphatic carbocycles. The van der Waals surface area contributed by atoms with Gasteiger partial charge in [0.15, 0.2) is 0 Å². The molecule has 1 aromatic heterocycles. The minimum Gasteiger partial charge on any atom is -0.481 e. The van der Waals surface area contributed by atoms with Gasteiger partial charge < -0.3 is 15.8 Å². The summed E-state index contributed by atoms with van der Waals surface area (Å²) in [6, 6.07) is 11.2. The number of aromatic amines is 1. The molecule has 0 spiro atoms. The Hall–Kier alpha value is -2.56. The first kappa shape index (κ1) is 12.9. The number of anilines is 1. The molecule has 0 saturated heterocycles. The van der Waals surface area contributed by atoms with Crippen molar-refractivity contribution in [3.63, 3.8) is 0 Å². The number of hydrogen-bond donors (Lipinski definition) is 3. The predicted octanol–water partition coefficient (Wildman–Crippen LogP) is 1.18. The molecule has 98 valence electrons. The fourth-order valence-corrected chi connectivity index (χ4v) is 1.90. The molecule has 4 N–H and O–H groups in total. The van der Waals surface area contributed by atoms with Crippen molar-refractivity contribution in [1.82, 2.24) is 4.98 Å². The molecule has 0 aliphatic rings. The van der Waals surface area contributed by atoms with Crippen LogP contribution < -0.4 is 11.3 Å². The molecule has 2 aromatic rings. The number of H-pyrrole nitrogens is 1. The van der Waals surface area contributed by atoms with E-state index in [1.165, 1.54) is 0 Å². The number of pyridine rings is 1. The van der Waals surface area contributed by atoms with Gasteiger partial charge in [-0.1, -0.05) is 30.3 Å². The second kappa shape index (κ2) is 5.39. The molecule has 0 radical (unpaired) electrons. The molecule has 5 heteroatoms. The van der Waals surface area contributed by atoms with E-state index in [0.717, 1.165) is 5.56 Å². The number of aliphatic carboxylic acids is 1. The Morgan fingerprint density at radius 2 is 1.95 bits per heavy atom. The second-order valence-corrected chi connectivity index (χ2v) is 4.30. The number of carboxylic acids is 1. The van der Waals surface area contributed by atoms with Crippen molar-refractivity contribution in [3.05, 3.63) is 63.6 Å². The van der Waals surface area contributed by atoms with Gasteiger partial charge in [0.25, 0.3) is 5.56 Å². The number of nitrogens with two attached hydrogens (primary N) is 1. The summed E-state index contributed by atoms with van der Waals surface area (Å²) in [5.41, 5.74) is 7.15. The van der Waals surface area contributed by atoms with E-state index < -0.39 is 11.5 Å². The second-order valence-electron chi connectivity index (χ2n) is 4.30. The molecule has 0 fully saturated rings. The van der Waals surface area contributed by atoms with Gasteiger partial charge in [-0.05, 0) is 17.2 Å². The number of benzene rings is 1. The van der Waals surface area contributed by atoms with Crippen LogP contribution >= 0.6 is 0 Å². The number of nitrogens with one attached hydrogen (secondary N) is 1. The van der Waals surface area contributed by atoms with Crippen LogP contribution in [0.1, 0.15) is 16.8 Å². The molecule has 0 aliphatic heterocycles. The predicted molar refractivity (Wildman–Crippen MR) is 72.1 cm³/mol. The van der Waals surface area contributed by atoms with Gasteiger partial charge in [0.05, 0.1) is 6.42 Å². The summed E-state index contributed by atoms with van der Waals surface area (Å²) >= 11 is 0. The molecule has 1 heterocycles. The highest BCUT2D eigenvalue weighted by Gasteiger charge is 2.10. The zero-order chi connectivity index (χ0) is 13.8. The molecule has 1 aromatic carbocycles. The van der Waals surface area contributed by atoms with Crippen molar-refractivity contribution in [2.75, 3.05) is 5.73 Å². The maximum Gasteiger partial charge on any atom is 0.307 e. The smallest absolute Gasteiger partial charge is 0.307 e. The fourth-order valence-electron chi connectivity index (χ4n) is 1.90. The van der Waals surface area contributed by atoms with E-state index in [9.17, 15) is 9.59 Å². The number of carbonyl (C=O) groups is 1. The van der Waals surface area contributed by atoms with E-state index >= 15 is 0 Å². The van der Waals surface area contributed by atoms with Crippen LogP contribution in [-0.2, 0) is 17.6 Å². The van der Waals surface area contributed by atoms with Crippen molar-refractivity contribution in [2.45, 2.75) is 12.8 Å². The van der Waals surface area contributed by atoms with Crippen molar-refractivity contribution in [3.8, 4) is 0 Å². The van der Waals surface area contributed by atoms with Gasteiger partial charge in [0, 0.05) is 12.1 Å². The third-order valence-corrected chi connectivity index (χ3v) is 2.79. The molecule has 5 nitrogen and oxygen atoms in total. The summed E-state index contributed by atoms with van der Waals surface area (Å²) in [5, 5.41) is 8.80.